The Morgan fingerprint density at radius 2 is 1.77 bits per heavy atom. The molecule has 1 rings (SSSR count). The van der Waals surface area contributed by atoms with Crippen molar-refractivity contribution in [2.45, 2.75) is 13.3 Å². The lowest BCUT2D eigenvalue weighted by Crippen LogP contribution is -1.79. The van der Waals surface area contributed by atoms with Crippen LogP contribution < -0.4 is 4.74 Å². The van der Waals surface area contributed by atoms with E-state index in [-0.39, 0.29) is 5.75 Å². The van der Waals surface area contributed by atoms with Crippen molar-refractivity contribution in [3.8, 4) is 11.5 Å². The van der Waals surface area contributed by atoms with Crippen LogP contribution in [0.5, 0.6) is 11.5 Å². The summed E-state index contributed by atoms with van der Waals surface area (Å²) < 4.78 is 6.15. The molecule has 0 amide bonds. The van der Waals surface area contributed by atoms with Crippen LogP contribution in [0.3, 0.4) is 0 Å². The predicted octanol–water partition coefficient (Wildman–Crippen LogP) is 3.23. The zero-order valence-corrected chi connectivity index (χ0v) is 10.1. The van der Waals surface area contributed by atoms with Crippen molar-refractivity contribution in [1.29, 1.82) is 0 Å². The molecular weight excluding hydrogens is 279 g/mol. The van der Waals surface area contributed by atoms with Gasteiger partial charge in [0.05, 0.1) is 7.11 Å². The molecule has 2 nitrogen and oxygen atoms in total. The van der Waals surface area contributed by atoms with Gasteiger partial charge >= 0.3 is 0 Å². The number of methoxy groups -OCH3 is 1. The zero-order valence-electron chi connectivity index (χ0n) is 7.96. The average molecular weight is 294 g/mol. The average Bonchev–Trinajstić information content (AvgIpc) is 2.19. The molecule has 0 aliphatic rings. The first-order valence-electron chi connectivity index (χ1n) is 4.13. The van der Waals surface area contributed by atoms with E-state index in [1.807, 2.05) is 0 Å². The summed E-state index contributed by atoms with van der Waals surface area (Å²) in [5, 5.41) is 8.80. The fourth-order valence-corrected chi connectivity index (χ4v) is 0.582. The molecule has 0 bridgehead atoms. The lowest BCUT2D eigenvalue weighted by molar-refractivity contribution is 0.412. The Balaban J connectivity index is 0.000000310. The van der Waals surface area contributed by atoms with Gasteiger partial charge in [0.2, 0.25) is 0 Å². The minimum atomic E-state index is 0.260. The van der Waals surface area contributed by atoms with E-state index in [0.717, 1.165) is 5.75 Å². The Morgan fingerprint density at radius 3 is 2.08 bits per heavy atom. The van der Waals surface area contributed by atoms with E-state index < -0.39 is 0 Å². The summed E-state index contributed by atoms with van der Waals surface area (Å²) in [7, 11) is 1.59. The van der Waals surface area contributed by atoms with Gasteiger partial charge in [0, 0.05) is 0 Å². The van der Waals surface area contributed by atoms with Crippen molar-refractivity contribution in [2.24, 2.45) is 0 Å². The SMILES string of the molecule is CCCI.COc1ccc(O)cc1. The fraction of sp³-hybridized carbons (Fsp3) is 0.400. The molecule has 0 spiro atoms. The van der Waals surface area contributed by atoms with Crippen LogP contribution in [0.15, 0.2) is 24.3 Å². The second-order valence-electron chi connectivity index (χ2n) is 2.39. The molecule has 0 aliphatic carbocycles. The quantitative estimate of drug-likeness (QED) is 0.670. The highest BCUT2D eigenvalue weighted by Crippen LogP contribution is 2.14. The molecule has 74 valence electrons. The lowest BCUT2D eigenvalue weighted by atomic mass is 10.3. The number of hydrogen-bond acceptors (Lipinski definition) is 2. The molecule has 1 aromatic rings. The first-order chi connectivity index (χ1) is 6.24. The topological polar surface area (TPSA) is 29.5 Å². The number of phenolic OH excluding ortho intramolecular Hbond substituents is 1. The summed E-state index contributed by atoms with van der Waals surface area (Å²) in [4.78, 5) is 0. The molecule has 1 aromatic carbocycles. The normalized spacial score (nSPS) is 8.54. The summed E-state index contributed by atoms with van der Waals surface area (Å²) in [6.07, 6.45) is 1.31. The summed E-state index contributed by atoms with van der Waals surface area (Å²) in [5.41, 5.74) is 0. The van der Waals surface area contributed by atoms with Crippen molar-refractivity contribution in [1.82, 2.24) is 0 Å². The highest BCUT2D eigenvalue weighted by molar-refractivity contribution is 14.1. The van der Waals surface area contributed by atoms with Crippen molar-refractivity contribution in [3.63, 3.8) is 0 Å². The van der Waals surface area contributed by atoms with Gasteiger partial charge in [-0.15, -0.1) is 0 Å². The standard InChI is InChI=1S/C7H8O2.C3H7I/c1-9-7-4-2-6(8)3-5-7;1-2-3-4/h2-5,8H,1H3;2-3H2,1H3. The van der Waals surface area contributed by atoms with Crippen molar-refractivity contribution < 1.29 is 9.84 Å². The van der Waals surface area contributed by atoms with E-state index in [2.05, 4.69) is 29.5 Å². The monoisotopic (exact) mass is 294 g/mol. The second kappa shape index (κ2) is 8.16. The van der Waals surface area contributed by atoms with Gasteiger partial charge in [-0.3, -0.25) is 0 Å². The fourth-order valence-electron chi connectivity index (χ4n) is 0.582. The number of alkyl halides is 1. The molecule has 0 aliphatic heterocycles. The highest BCUT2D eigenvalue weighted by Gasteiger charge is 1.87. The van der Waals surface area contributed by atoms with Gasteiger partial charge in [-0.2, -0.15) is 0 Å². The molecule has 0 unspecified atom stereocenters. The Bertz CT molecular complexity index is 207. The third-order valence-electron chi connectivity index (χ3n) is 1.26. The van der Waals surface area contributed by atoms with Gasteiger partial charge in [0.25, 0.3) is 0 Å². The van der Waals surface area contributed by atoms with Crippen LogP contribution in [-0.2, 0) is 0 Å². The number of ether oxygens (including phenoxy) is 1. The maximum absolute atomic E-state index is 8.80. The minimum absolute atomic E-state index is 0.260. The van der Waals surface area contributed by atoms with E-state index in [1.54, 1.807) is 31.4 Å². The Kier molecular flexibility index (Phi) is 7.88. The largest absolute Gasteiger partial charge is 0.508 e. The zero-order chi connectivity index (χ0) is 10.1. The van der Waals surface area contributed by atoms with E-state index in [1.165, 1.54) is 10.8 Å². The molecule has 0 heterocycles. The van der Waals surface area contributed by atoms with Gasteiger partial charge in [0.1, 0.15) is 11.5 Å². The number of phenols is 1. The number of aromatic hydroxyl groups is 1. The molecule has 1 N–H and O–H groups in total. The van der Waals surface area contributed by atoms with Crippen LogP contribution in [0.1, 0.15) is 13.3 Å². The van der Waals surface area contributed by atoms with Crippen LogP contribution in [-0.4, -0.2) is 16.6 Å². The molecule has 0 atom stereocenters. The maximum atomic E-state index is 8.80. The summed E-state index contributed by atoms with van der Waals surface area (Å²) >= 11 is 2.35. The van der Waals surface area contributed by atoms with Gasteiger partial charge in [0.15, 0.2) is 0 Å². The van der Waals surface area contributed by atoms with E-state index in [9.17, 15) is 0 Å². The van der Waals surface area contributed by atoms with Gasteiger partial charge < -0.3 is 9.84 Å². The molecule has 0 fully saturated rings. The van der Waals surface area contributed by atoms with Crippen LogP contribution in [0.2, 0.25) is 0 Å². The van der Waals surface area contributed by atoms with Gasteiger partial charge in [-0.25, -0.2) is 0 Å². The summed E-state index contributed by atoms with van der Waals surface area (Å²) in [6.45, 7) is 2.17. The first-order valence-corrected chi connectivity index (χ1v) is 5.66. The van der Waals surface area contributed by atoms with Crippen molar-refractivity contribution >= 4 is 22.6 Å². The van der Waals surface area contributed by atoms with Gasteiger partial charge in [-0.05, 0) is 35.1 Å². The van der Waals surface area contributed by atoms with Crippen LogP contribution in [0.25, 0.3) is 0 Å². The van der Waals surface area contributed by atoms with E-state index >= 15 is 0 Å². The first kappa shape index (κ1) is 12.6. The Morgan fingerprint density at radius 1 is 1.31 bits per heavy atom. The predicted molar refractivity (Wildman–Crippen MR) is 63.8 cm³/mol. The van der Waals surface area contributed by atoms with Crippen molar-refractivity contribution in [3.05, 3.63) is 24.3 Å². The maximum Gasteiger partial charge on any atom is 0.119 e. The number of rotatable bonds is 2. The highest BCUT2D eigenvalue weighted by atomic mass is 127. The Labute approximate surface area is 93.1 Å². The number of hydrogen-bond donors (Lipinski definition) is 1. The van der Waals surface area contributed by atoms with Gasteiger partial charge in [-0.1, -0.05) is 29.5 Å². The number of benzene rings is 1. The third kappa shape index (κ3) is 6.69. The van der Waals surface area contributed by atoms with Crippen LogP contribution in [0.4, 0.5) is 0 Å². The summed E-state index contributed by atoms with van der Waals surface area (Å²) in [5.74, 6) is 1.02. The summed E-state index contributed by atoms with van der Waals surface area (Å²) in [6, 6.07) is 6.57. The third-order valence-corrected chi connectivity index (χ3v) is 2.34. The molecule has 3 heteroatoms. The second-order valence-corrected chi connectivity index (χ2v) is 3.47. The molecular formula is C10H15IO2. The minimum Gasteiger partial charge on any atom is -0.508 e. The molecule has 0 aromatic heterocycles. The number of halogens is 1. The van der Waals surface area contributed by atoms with E-state index in [4.69, 9.17) is 9.84 Å². The van der Waals surface area contributed by atoms with E-state index in [0.29, 0.717) is 0 Å². The molecule has 0 saturated carbocycles. The van der Waals surface area contributed by atoms with Crippen molar-refractivity contribution in [2.75, 3.05) is 11.5 Å². The lowest BCUT2D eigenvalue weighted by Gasteiger charge is -1.96. The van der Waals surface area contributed by atoms with Crippen LogP contribution >= 0.6 is 22.6 Å². The molecule has 0 saturated heterocycles. The molecule has 13 heavy (non-hydrogen) atoms. The van der Waals surface area contributed by atoms with Crippen LogP contribution in [0, 0.1) is 0 Å². The Hall–Kier alpha value is -0.450. The molecule has 0 radical (unpaired) electrons. The smallest absolute Gasteiger partial charge is 0.119 e.